The number of nitrogen functional groups attached to an aromatic ring is 1. The first-order valence-corrected chi connectivity index (χ1v) is 15.7. The van der Waals surface area contributed by atoms with Crippen LogP contribution < -0.4 is 16.6 Å². The predicted molar refractivity (Wildman–Crippen MR) is 184 cm³/mol. The molecule has 3 N–H and O–H groups in total. The summed E-state index contributed by atoms with van der Waals surface area (Å²) in [6, 6.07) is 18.1. The number of nitrogens with zero attached hydrogens (tertiary/aromatic N) is 7. The minimum Gasteiger partial charge on any atom is -0.381 e. The molecular formula is C36H37N9O2. The van der Waals surface area contributed by atoms with Crippen molar-refractivity contribution in [1.82, 2.24) is 39.2 Å². The molecule has 4 aromatic heterocycles. The Hall–Kier alpha value is -5.73. The second kappa shape index (κ2) is 13.3. The summed E-state index contributed by atoms with van der Waals surface area (Å²) in [6.45, 7) is 9.02. The number of rotatable bonds is 9. The van der Waals surface area contributed by atoms with E-state index in [1.165, 1.54) is 4.52 Å². The molecular weight excluding hydrogens is 590 g/mol. The number of pyridine rings is 1. The minimum absolute atomic E-state index is 0.0698. The third-order valence-corrected chi connectivity index (χ3v) is 8.48. The van der Waals surface area contributed by atoms with Crippen molar-refractivity contribution in [2.45, 2.75) is 33.2 Å². The summed E-state index contributed by atoms with van der Waals surface area (Å²) in [4.78, 5) is 34.7. The van der Waals surface area contributed by atoms with E-state index in [0.29, 0.717) is 28.0 Å². The van der Waals surface area contributed by atoms with E-state index < -0.39 is 11.9 Å². The highest BCUT2D eigenvalue weighted by molar-refractivity contribution is 6.04. The molecule has 0 saturated carbocycles. The summed E-state index contributed by atoms with van der Waals surface area (Å²) in [6.07, 6.45) is 5.86. The summed E-state index contributed by atoms with van der Waals surface area (Å²) in [7, 11) is 1.93. The zero-order valence-corrected chi connectivity index (χ0v) is 26.9. The molecule has 1 atom stereocenters. The molecule has 0 aliphatic carbocycles. The van der Waals surface area contributed by atoms with Gasteiger partial charge >= 0.3 is 0 Å². The Morgan fingerprint density at radius 3 is 2.57 bits per heavy atom. The van der Waals surface area contributed by atoms with Gasteiger partial charge in [0.05, 0.1) is 28.9 Å². The number of nitrogens with one attached hydrogen (secondary N) is 1. The lowest BCUT2D eigenvalue weighted by molar-refractivity contribution is 0.0941. The summed E-state index contributed by atoms with van der Waals surface area (Å²) < 4.78 is 4.97. The zero-order valence-electron chi connectivity index (χ0n) is 26.9. The lowest BCUT2D eigenvalue weighted by Crippen LogP contribution is -2.32. The highest BCUT2D eigenvalue weighted by Crippen LogP contribution is 2.25. The molecule has 0 bridgehead atoms. The van der Waals surface area contributed by atoms with Crippen molar-refractivity contribution in [1.29, 1.82) is 0 Å². The largest absolute Gasteiger partial charge is 0.381 e. The van der Waals surface area contributed by atoms with E-state index in [1.54, 1.807) is 29.2 Å². The molecule has 2 aromatic carbocycles. The number of para-hydroxylation sites is 1. The zero-order chi connectivity index (χ0) is 33.1. The fourth-order valence-electron chi connectivity index (χ4n) is 5.91. The quantitative estimate of drug-likeness (QED) is 0.231. The number of hydrogen-bond acceptors (Lipinski definition) is 7. The predicted octanol–water partition coefficient (Wildman–Crippen LogP) is 4.12. The molecule has 0 unspecified atom stereocenters. The number of aromatic nitrogens is 6. The molecule has 0 saturated heterocycles. The minimum atomic E-state index is -0.587. The average Bonchev–Trinajstić information content (AvgIpc) is 3.61. The second-order valence-electron chi connectivity index (χ2n) is 11.3. The summed E-state index contributed by atoms with van der Waals surface area (Å²) >= 11 is 0. The van der Waals surface area contributed by atoms with Crippen LogP contribution in [0.15, 0.2) is 84.0 Å². The van der Waals surface area contributed by atoms with Crippen LogP contribution >= 0.6 is 0 Å². The fraction of sp³-hybridized carbons (Fsp3) is 0.250. The number of hydrogen-bond donors (Lipinski definition) is 2. The number of benzene rings is 2. The summed E-state index contributed by atoms with van der Waals surface area (Å²) in [5.74, 6) is 6.22. The molecule has 11 heteroatoms. The standard InChI is InChI=1S/C36H37N9O2/c1-5-43(6-2)21-18-29-27(23-39-42(29)4)17-16-25-12-10-13-26-22-30(45(36(47)31(25)26)28-14-8-7-9-15-28)24(3)40-35(46)32-33(37)41-44-20-11-19-38-34(32)44/h7-15,19-20,22-24H,5-6,18,21H2,1-4H3,(H2,37,41)(H,40,46)/t24-/m1/s1. The van der Waals surface area contributed by atoms with Gasteiger partial charge in [0.25, 0.3) is 11.5 Å². The first kappa shape index (κ1) is 31.3. The normalized spacial score (nSPS) is 11.9. The summed E-state index contributed by atoms with van der Waals surface area (Å²) in [5, 5.41) is 12.9. The monoisotopic (exact) mass is 627 g/mol. The van der Waals surface area contributed by atoms with Gasteiger partial charge < -0.3 is 16.0 Å². The fourth-order valence-corrected chi connectivity index (χ4v) is 5.91. The molecule has 0 spiro atoms. The molecule has 11 nitrogen and oxygen atoms in total. The van der Waals surface area contributed by atoms with Gasteiger partial charge in [-0.15, -0.1) is 5.10 Å². The molecule has 0 fully saturated rings. The Labute approximate surface area is 272 Å². The van der Waals surface area contributed by atoms with E-state index in [1.807, 2.05) is 73.3 Å². The Morgan fingerprint density at radius 1 is 1.04 bits per heavy atom. The van der Waals surface area contributed by atoms with Gasteiger partial charge in [-0.3, -0.25) is 18.8 Å². The van der Waals surface area contributed by atoms with Crippen molar-refractivity contribution in [2.24, 2.45) is 7.05 Å². The Kier molecular flexibility index (Phi) is 8.86. The van der Waals surface area contributed by atoms with Gasteiger partial charge in [0.15, 0.2) is 11.5 Å². The van der Waals surface area contributed by atoms with Crippen LogP contribution in [0.1, 0.15) is 59.7 Å². The van der Waals surface area contributed by atoms with Crippen molar-refractivity contribution < 1.29 is 4.79 Å². The van der Waals surface area contributed by atoms with Gasteiger partial charge in [0.1, 0.15) is 5.56 Å². The van der Waals surface area contributed by atoms with Crippen LogP contribution in [0.3, 0.4) is 0 Å². The molecule has 4 heterocycles. The number of carbonyl (C=O) groups excluding carboxylic acids is 1. The van der Waals surface area contributed by atoms with Crippen LogP contribution in [0.25, 0.3) is 22.1 Å². The van der Waals surface area contributed by atoms with Gasteiger partial charge in [-0.2, -0.15) is 5.10 Å². The van der Waals surface area contributed by atoms with Crippen LogP contribution in [0, 0.1) is 11.8 Å². The maximum absolute atomic E-state index is 14.5. The van der Waals surface area contributed by atoms with E-state index in [-0.39, 0.29) is 16.9 Å². The lowest BCUT2D eigenvalue weighted by atomic mass is 10.0. The molecule has 0 radical (unpaired) electrons. The van der Waals surface area contributed by atoms with E-state index in [2.05, 4.69) is 51.1 Å². The number of likely N-dealkylation sites (N-methyl/N-ethyl adjacent to an activating group) is 1. The van der Waals surface area contributed by atoms with Gasteiger partial charge in [-0.1, -0.05) is 56.0 Å². The first-order chi connectivity index (χ1) is 22.8. The molecule has 6 rings (SSSR count). The third-order valence-electron chi connectivity index (χ3n) is 8.48. The maximum Gasteiger partial charge on any atom is 0.264 e. The van der Waals surface area contributed by atoms with Gasteiger partial charge in [0, 0.05) is 49.4 Å². The van der Waals surface area contributed by atoms with E-state index in [0.717, 1.165) is 42.7 Å². The van der Waals surface area contributed by atoms with Crippen molar-refractivity contribution >= 4 is 28.1 Å². The number of fused-ring (bicyclic) bond motifs is 2. The van der Waals surface area contributed by atoms with Crippen LogP contribution in [0.4, 0.5) is 5.82 Å². The Balaban J connectivity index is 1.42. The van der Waals surface area contributed by atoms with Gasteiger partial charge in [-0.25, -0.2) is 9.50 Å². The molecule has 0 aliphatic heterocycles. The number of carbonyl (C=O) groups is 1. The van der Waals surface area contributed by atoms with Crippen molar-refractivity contribution in [2.75, 3.05) is 25.4 Å². The number of nitrogens with two attached hydrogens (primary N) is 1. The number of anilines is 1. The van der Waals surface area contributed by atoms with Crippen molar-refractivity contribution in [3.63, 3.8) is 0 Å². The Bertz CT molecular complexity index is 2200. The number of amides is 1. The van der Waals surface area contributed by atoms with E-state index in [9.17, 15) is 9.59 Å². The topological polar surface area (TPSA) is 128 Å². The highest BCUT2D eigenvalue weighted by atomic mass is 16.2. The van der Waals surface area contributed by atoms with E-state index in [4.69, 9.17) is 5.73 Å². The molecule has 0 aliphatic rings. The summed E-state index contributed by atoms with van der Waals surface area (Å²) in [5.41, 5.74) is 10.2. The third kappa shape index (κ3) is 6.11. The van der Waals surface area contributed by atoms with Crippen LogP contribution in [-0.2, 0) is 13.5 Å². The number of aryl methyl sites for hydroxylation is 1. The van der Waals surface area contributed by atoms with Gasteiger partial charge in [0.2, 0.25) is 0 Å². The lowest BCUT2D eigenvalue weighted by Gasteiger charge is -2.21. The van der Waals surface area contributed by atoms with Crippen molar-refractivity contribution in [3.8, 4) is 17.5 Å². The molecule has 6 aromatic rings. The van der Waals surface area contributed by atoms with E-state index >= 15 is 0 Å². The van der Waals surface area contributed by atoms with Crippen molar-refractivity contribution in [3.05, 3.63) is 118 Å². The molecule has 47 heavy (non-hydrogen) atoms. The molecule has 238 valence electrons. The van der Waals surface area contributed by atoms with Crippen LogP contribution in [0.2, 0.25) is 0 Å². The SMILES string of the molecule is CCN(CC)CCc1c(C#Cc2cccc3cc([C@@H](C)NC(=O)c4c(N)nn5cccnc45)n(-c4ccccc4)c(=O)c23)cnn1C. The first-order valence-electron chi connectivity index (χ1n) is 15.7. The molecule has 1 amide bonds. The van der Waals surface area contributed by atoms with Gasteiger partial charge in [-0.05, 0) is 55.7 Å². The second-order valence-corrected chi connectivity index (χ2v) is 11.3. The van der Waals surface area contributed by atoms with Crippen LogP contribution in [0.5, 0.6) is 0 Å². The maximum atomic E-state index is 14.5. The smallest absolute Gasteiger partial charge is 0.264 e. The average molecular weight is 628 g/mol. The highest BCUT2D eigenvalue weighted by Gasteiger charge is 2.24. The van der Waals surface area contributed by atoms with Crippen LogP contribution in [-0.4, -0.2) is 59.4 Å². The Morgan fingerprint density at radius 2 is 1.81 bits per heavy atom.